The molecule has 8 heteroatoms. The van der Waals surface area contributed by atoms with Gasteiger partial charge in [0.2, 0.25) is 10.0 Å². The minimum atomic E-state index is -3.50. The lowest BCUT2D eigenvalue weighted by Crippen LogP contribution is -2.24. The molecule has 1 aromatic carbocycles. The van der Waals surface area contributed by atoms with E-state index in [1.165, 1.54) is 38.4 Å². The standard InChI is InChI=1S/C17H18N4O3S/c1-20(2)25(23,24)15-8-6-13(7-9-15)17(22)18-11-14-12-19-21-10-4-3-5-16(14)21/h3-10,12H,11H2,1-2H3,(H,18,22). The topological polar surface area (TPSA) is 83.8 Å². The van der Waals surface area contributed by atoms with E-state index in [4.69, 9.17) is 0 Å². The summed E-state index contributed by atoms with van der Waals surface area (Å²) < 4.78 is 26.9. The largest absolute Gasteiger partial charge is 0.348 e. The molecule has 7 nitrogen and oxygen atoms in total. The summed E-state index contributed by atoms with van der Waals surface area (Å²) in [7, 11) is -0.572. The molecular formula is C17H18N4O3S. The molecule has 0 aliphatic heterocycles. The van der Waals surface area contributed by atoms with Crippen LogP contribution >= 0.6 is 0 Å². The number of sulfonamides is 1. The predicted octanol–water partition coefficient (Wildman–Crippen LogP) is 1.51. The molecule has 130 valence electrons. The quantitative estimate of drug-likeness (QED) is 0.749. The molecule has 2 aromatic heterocycles. The van der Waals surface area contributed by atoms with Crippen LogP contribution in [0.3, 0.4) is 0 Å². The molecule has 0 bridgehead atoms. The third-order valence-corrected chi connectivity index (χ3v) is 5.67. The van der Waals surface area contributed by atoms with Crippen LogP contribution in [0.4, 0.5) is 0 Å². The molecule has 25 heavy (non-hydrogen) atoms. The number of rotatable bonds is 5. The molecule has 0 saturated carbocycles. The summed E-state index contributed by atoms with van der Waals surface area (Å²) in [4.78, 5) is 12.4. The summed E-state index contributed by atoms with van der Waals surface area (Å²) in [6.45, 7) is 0.337. The molecule has 0 fully saturated rings. The van der Waals surface area contributed by atoms with E-state index in [1.54, 1.807) is 10.7 Å². The van der Waals surface area contributed by atoms with Gasteiger partial charge < -0.3 is 5.32 Å². The average molecular weight is 358 g/mol. The summed E-state index contributed by atoms with van der Waals surface area (Å²) in [6, 6.07) is 11.6. The van der Waals surface area contributed by atoms with Crippen molar-refractivity contribution in [3.63, 3.8) is 0 Å². The Bertz CT molecular complexity index is 1010. The average Bonchev–Trinajstić information content (AvgIpc) is 3.03. The van der Waals surface area contributed by atoms with Crippen molar-refractivity contribution in [2.75, 3.05) is 14.1 Å². The van der Waals surface area contributed by atoms with E-state index < -0.39 is 10.0 Å². The maximum absolute atomic E-state index is 12.3. The minimum Gasteiger partial charge on any atom is -0.348 e. The fraction of sp³-hybridized carbons (Fsp3) is 0.176. The first-order valence-corrected chi connectivity index (χ1v) is 9.05. The fourth-order valence-electron chi connectivity index (χ4n) is 2.39. The Balaban J connectivity index is 1.71. The Morgan fingerprint density at radius 3 is 2.56 bits per heavy atom. The first-order valence-electron chi connectivity index (χ1n) is 7.61. The number of carbonyl (C=O) groups excluding carboxylic acids is 1. The number of pyridine rings is 1. The SMILES string of the molecule is CN(C)S(=O)(=O)c1ccc(C(=O)NCc2cnn3ccccc23)cc1. The van der Waals surface area contributed by atoms with Crippen LogP contribution in [0.25, 0.3) is 5.52 Å². The first kappa shape index (κ1) is 17.1. The molecule has 0 atom stereocenters. The van der Waals surface area contributed by atoms with Gasteiger partial charge in [-0.15, -0.1) is 0 Å². The van der Waals surface area contributed by atoms with Gasteiger partial charge in [-0.2, -0.15) is 5.10 Å². The van der Waals surface area contributed by atoms with Crippen molar-refractivity contribution in [3.05, 3.63) is 66.0 Å². The molecule has 2 heterocycles. The number of aromatic nitrogens is 2. The second kappa shape index (κ2) is 6.66. The van der Waals surface area contributed by atoms with Crippen LogP contribution in [0.2, 0.25) is 0 Å². The highest BCUT2D eigenvalue weighted by molar-refractivity contribution is 7.89. The zero-order chi connectivity index (χ0) is 18.0. The number of amides is 1. The number of nitrogens with one attached hydrogen (secondary N) is 1. The van der Waals surface area contributed by atoms with E-state index in [0.29, 0.717) is 12.1 Å². The monoisotopic (exact) mass is 358 g/mol. The smallest absolute Gasteiger partial charge is 0.251 e. The van der Waals surface area contributed by atoms with Gasteiger partial charge in [0.1, 0.15) is 0 Å². The minimum absolute atomic E-state index is 0.150. The van der Waals surface area contributed by atoms with Gasteiger partial charge in [-0.05, 0) is 36.4 Å². The summed E-state index contributed by atoms with van der Waals surface area (Å²) in [5.74, 6) is -0.274. The van der Waals surface area contributed by atoms with E-state index in [9.17, 15) is 13.2 Å². The van der Waals surface area contributed by atoms with Crippen LogP contribution < -0.4 is 5.32 Å². The lowest BCUT2D eigenvalue weighted by molar-refractivity contribution is 0.0951. The van der Waals surface area contributed by atoms with Gasteiger partial charge in [0.25, 0.3) is 5.91 Å². The molecule has 3 aromatic rings. The Kier molecular flexibility index (Phi) is 4.56. The lowest BCUT2D eigenvalue weighted by Gasteiger charge is -2.11. The van der Waals surface area contributed by atoms with Crippen molar-refractivity contribution < 1.29 is 13.2 Å². The third-order valence-electron chi connectivity index (χ3n) is 3.84. The number of carbonyl (C=O) groups is 1. The number of benzene rings is 1. The number of fused-ring (bicyclic) bond motifs is 1. The van der Waals surface area contributed by atoms with E-state index in [0.717, 1.165) is 15.4 Å². The number of nitrogens with zero attached hydrogens (tertiary/aromatic N) is 3. The van der Waals surface area contributed by atoms with Crippen LogP contribution in [0.15, 0.2) is 59.8 Å². The third kappa shape index (κ3) is 3.40. The summed E-state index contributed by atoms with van der Waals surface area (Å²) in [6.07, 6.45) is 3.55. The van der Waals surface area contributed by atoms with E-state index in [-0.39, 0.29) is 10.8 Å². The molecule has 0 unspecified atom stereocenters. The zero-order valence-electron chi connectivity index (χ0n) is 13.9. The Labute approximate surface area is 145 Å². The molecule has 1 amide bonds. The van der Waals surface area contributed by atoms with Crippen molar-refractivity contribution in [1.29, 1.82) is 0 Å². The van der Waals surface area contributed by atoms with E-state index in [2.05, 4.69) is 10.4 Å². The molecule has 0 spiro atoms. The molecule has 3 rings (SSSR count). The predicted molar refractivity (Wildman–Crippen MR) is 93.7 cm³/mol. The van der Waals surface area contributed by atoms with Gasteiger partial charge in [-0.1, -0.05) is 6.07 Å². The van der Waals surface area contributed by atoms with Gasteiger partial charge >= 0.3 is 0 Å². The molecule has 0 aliphatic rings. The van der Waals surface area contributed by atoms with Crippen molar-refractivity contribution in [3.8, 4) is 0 Å². The second-order valence-corrected chi connectivity index (χ2v) is 7.85. The van der Waals surface area contributed by atoms with Gasteiger partial charge in [0.05, 0.1) is 16.6 Å². The first-order chi connectivity index (χ1) is 11.9. The van der Waals surface area contributed by atoms with Gasteiger partial charge in [0.15, 0.2) is 0 Å². The number of hydrogen-bond donors (Lipinski definition) is 1. The van der Waals surface area contributed by atoms with Crippen LogP contribution in [-0.2, 0) is 16.6 Å². The molecule has 1 N–H and O–H groups in total. The van der Waals surface area contributed by atoms with Crippen molar-refractivity contribution >= 4 is 21.4 Å². The summed E-state index contributed by atoms with van der Waals surface area (Å²) in [5, 5.41) is 7.04. The molecule has 0 saturated heterocycles. The van der Waals surface area contributed by atoms with Crippen LogP contribution in [0.5, 0.6) is 0 Å². The highest BCUT2D eigenvalue weighted by Gasteiger charge is 2.17. The molecule has 0 radical (unpaired) electrons. The Hall–Kier alpha value is -2.71. The lowest BCUT2D eigenvalue weighted by atomic mass is 10.2. The Morgan fingerprint density at radius 1 is 1.16 bits per heavy atom. The van der Waals surface area contributed by atoms with Gasteiger partial charge in [-0.25, -0.2) is 17.2 Å². The van der Waals surface area contributed by atoms with Crippen molar-refractivity contribution in [2.45, 2.75) is 11.4 Å². The van der Waals surface area contributed by atoms with Crippen LogP contribution in [0.1, 0.15) is 15.9 Å². The van der Waals surface area contributed by atoms with Crippen molar-refractivity contribution in [2.24, 2.45) is 0 Å². The van der Waals surface area contributed by atoms with Gasteiger partial charge in [-0.3, -0.25) is 4.79 Å². The highest BCUT2D eigenvalue weighted by atomic mass is 32.2. The van der Waals surface area contributed by atoms with Crippen LogP contribution in [-0.4, -0.2) is 42.3 Å². The second-order valence-electron chi connectivity index (χ2n) is 5.69. The number of hydrogen-bond acceptors (Lipinski definition) is 4. The molecule has 0 aliphatic carbocycles. The van der Waals surface area contributed by atoms with Crippen molar-refractivity contribution in [1.82, 2.24) is 19.2 Å². The normalized spacial score (nSPS) is 11.8. The highest BCUT2D eigenvalue weighted by Crippen LogP contribution is 2.14. The zero-order valence-corrected chi connectivity index (χ0v) is 14.7. The maximum atomic E-state index is 12.3. The maximum Gasteiger partial charge on any atom is 0.251 e. The van der Waals surface area contributed by atoms with Gasteiger partial charge in [0, 0.05) is 38.0 Å². The van der Waals surface area contributed by atoms with Crippen LogP contribution in [0, 0.1) is 0 Å². The summed E-state index contributed by atoms with van der Waals surface area (Å²) >= 11 is 0. The fourth-order valence-corrected chi connectivity index (χ4v) is 3.29. The molecular weight excluding hydrogens is 340 g/mol. The Morgan fingerprint density at radius 2 is 1.88 bits per heavy atom. The van der Waals surface area contributed by atoms with E-state index in [1.807, 2.05) is 24.4 Å². The van der Waals surface area contributed by atoms with E-state index >= 15 is 0 Å². The summed E-state index contributed by atoms with van der Waals surface area (Å²) in [5.41, 5.74) is 2.23.